The summed E-state index contributed by atoms with van der Waals surface area (Å²) in [6.07, 6.45) is 2.83. The van der Waals surface area contributed by atoms with Gasteiger partial charge in [0, 0.05) is 34.5 Å². The predicted molar refractivity (Wildman–Crippen MR) is 111 cm³/mol. The molecule has 142 valence electrons. The first-order valence-electron chi connectivity index (χ1n) is 8.87. The topological polar surface area (TPSA) is 69.0 Å². The number of aromatic nitrogens is 2. The third-order valence-electron chi connectivity index (χ3n) is 4.45. The first kappa shape index (κ1) is 18.7. The van der Waals surface area contributed by atoms with Gasteiger partial charge in [0.25, 0.3) is 10.0 Å². The van der Waals surface area contributed by atoms with Crippen molar-refractivity contribution in [3.05, 3.63) is 95.8 Å². The Hall–Kier alpha value is -3.69. The number of ketones is 1. The molecule has 2 aromatic carbocycles. The molecule has 6 heteroatoms. The number of Topliss-reactive ketones (excluding diaryl/α,β-unsaturated/α-hetero) is 1. The van der Waals surface area contributed by atoms with Crippen molar-refractivity contribution in [2.75, 3.05) is 0 Å². The van der Waals surface area contributed by atoms with E-state index in [4.69, 9.17) is 0 Å². The van der Waals surface area contributed by atoms with Crippen LogP contribution in [0.5, 0.6) is 0 Å². The molecule has 0 aliphatic heterocycles. The minimum absolute atomic E-state index is 0.120. The van der Waals surface area contributed by atoms with Gasteiger partial charge in [-0.05, 0) is 37.3 Å². The van der Waals surface area contributed by atoms with Gasteiger partial charge in [-0.3, -0.25) is 4.79 Å². The van der Waals surface area contributed by atoms with Gasteiger partial charge < -0.3 is 0 Å². The summed E-state index contributed by atoms with van der Waals surface area (Å²) in [5, 5.41) is 0.433. The van der Waals surface area contributed by atoms with Gasteiger partial charge in [0.15, 0.2) is 11.4 Å². The average Bonchev–Trinajstić information content (AvgIpc) is 3.15. The Kier molecular flexibility index (Phi) is 4.75. The van der Waals surface area contributed by atoms with Crippen molar-refractivity contribution in [2.24, 2.45) is 0 Å². The largest absolute Gasteiger partial charge is 0.294 e. The van der Waals surface area contributed by atoms with Gasteiger partial charge in [-0.1, -0.05) is 48.2 Å². The van der Waals surface area contributed by atoms with Gasteiger partial charge in [0.2, 0.25) is 0 Å². The fourth-order valence-corrected chi connectivity index (χ4v) is 4.39. The van der Waals surface area contributed by atoms with E-state index in [1.807, 2.05) is 30.3 Å². The van der Waals surface area contributed by atoms with Crippen molar-refractivity contribution in [3.8, 4) is 11.8 Å². The molecule has 0 amide bonds. The Labute approximate surface area is 168 Å². The van der Waals surface area contributed by atoms with Crippen molar-refractivity contribution < 1.29 is 13.2 Å². The van der Waals surface area contributed by atoms with Crippen LogP contribution in [0.4, 0.5) is 0 Å². The molecule has 29 heavy (non-hydrogen) atoms. The molecule has 0 fully saturated rings. The monoisotopic (exact) mass is 400 g/mol. The summed E-state index contributed by atoms with van der Waals surface area (Å²) in [5.74, 6) is 5.85. The highest BCUT2D eigenvalue weighted by molar-refractivity contribution is 7.90. The number of pyridine rings is 1. The van der Waals surface area contributed by atoms with Crippen LogP contribution >= 0.6 is 0 Å². The van der Waals surface area contributed by atoms with Crippen molar-refractivity contribution in [3.63, 3.8) is 0 Å². The maximum Gasteiger partial charge on any atom is 0.269 e. The standard InChI is InChI=1S/C23H16N2O3S/c1-17(26)21-16-25(29(27,28)20-10-6-3-7-11-20)23-22(21)19(14-15-24-23)13-12-18-8-4-2-5-9-18/h2-11,14-16H,1H3. The number of rotatable bonds is 3. The lowest BCUT2D eigenvalue weighted by Gasteiger charge is -2.06. The minimum atomic E-state index is -3.91. The van der Waals surface area contributed by atoms with Crippen LogP contribution in [0.25, 0.3) is 11.0 Å². The Balaban J connectivity index is 1.97. The lowest BCUT2D eigenvalue weighted by molar-refractivity contribution is 0.101. The molecule has 0 aliphatic rings. The van der Waals surface area contributed by atoms with E-state index in [1.165, 1.54) is 31.5 Å². The van der Waals surface area contributed by atoms with Gasteiger partial charge >= 0.3 is 0 Å². The van der Waals surface area contributed by atoms with Gasteiger partial charge in [-0.2, -0.15) is 0 Å². The van der Waals surface area contributed by atoms with Gasteiger partial charge in [0.1, 0.15) is 0 Å². The summed E-state index contributed by atoms with van der Waals surface area (Å²) in [5.41, 5.74) is 1.81. The third kappa shape index (κ3) is 3.44. The zero-order valence-electron chi connectivity index (χ0n) is 15.5. The number of hydrogen-bond acceptors (Lipinski definition) is 4. The Morgan fingerprint density at radius 3 is 2.24 bits per heavy atom. The fraction of sp³-hybridized carbons (Fsp3) is 0.0435. The summed E-state index contributed by atoms with van der Waals surface area (Å²) in [6, 6.07) is 19.2. The summed E-state index contributed by atoms with van der Waals surface area (Å²) >= 11 is 0. The molecule has 0 saturated carbocycles. The molecule has 0 spiro atoms. The van der Waals surface area contributed by atoms with Crippen LogP contribution in [-0.4, -0.2) is 23.2 Å². The second-order valence-corrected chi connectivity index (χ2v) is 8.20. The van der Waals surface area contributed by atoms with Gasteiger partial charge in [0.05, 0.1) is 4.90 Å². The molecule has 0 N–H and O–H groups in total. The van der Waals surface area contributed by atoms with Crippen LogP contribution in [0.2, 0.25) is 0 Å². The van der Waals surface area contributed by atoms with Gasteiger partial charge in [-0.25, -0.2) is 17.4 Å². The number of nitrogens with zero attached hydrogens (tertiary/aromatic N) is 2. The molecule has 0 unspecified atom stereocenters. The molecule has 2 aromatic heterocycles. The minimum Gasteiger partial charge on any atom is -0.294 e. The highest BCUT2D eigenvalue weighted by atomic mass is 32.2. The normalized spacial score (nSPS) is 11.1. The van der Waals surface area contributed by atoms with E-state index >= 15 is 0 Å². The smallest absolute Gasteiger partial charge is 0.269 e. The highest BCUT2D eigenvalue weighted by Gasteiger charge is 2.24. The number of benzene rings is 2. The lowest BCUT2D eigenvalue weighted by atomic mass is 10.1. The summed E-state index contributed by atoms with van der Waals surface area (Å²) < 4.78 is 27.4. The first-order chi connectivity index (χ1) is 14.0. The Morgan fingerprint density at radius 1 is 0.931 bits per heavy atom. The van der Waals surface area contributed by atoms with E-state index in [0.717, 1.165) is 9.54 Å². The van der Waals surface area contributed by atoms with Crippen molar-refractivity contribution in [1.82, 2.24) is 8.96 Å². The van der Waals surface area contributed by atoms with Crippen LogP contribution in [0.1, 0.15) is 28.4 Å². The summed E-state index contributed by atoms with van der Waals surface area (Å²) in [6.45, 7) is 1.40. The molecular formula is C23H16N2O3S. The van der Waals surface area contributed by atoms with Crippen molar-refractivity contribution in [2.45, 2.75) is 11.8 Å². The van der Waals surface area contributed by atoms with E-state index in [0.29, 0.717) is 10.9 Å². The van der Waals surface area contributed by atoms with Crippen LogP contribution in [0.15, 0.2) is 84.0 Å². The second kappa shape index (κ2) is 7.38. The summed E-state index contributed by atoms with van der Waals surface area (Å²) in [7, 11) is -3.91. The van der Waals surface area contributed by atoms with Gasteiger partial charge in [-0.15, -0.1) is 0 Å². The van der Waals surface area contributed by atoms with E-state index in [-0.39, 0.29) is 21.9 Å². The molecule has 5 nitrogen and oxygen atoms in total. The van der Waals surface area contributed by atoms with Crippen LogP contribution in [-0.2, 0) is 10.0 Å². The second-order valence-electron chi connectivity index (χ2n) is 6.39. The van der Waals surface area contributed by atoms with E-state index in [2.05, 4.69) is 16.8 Å². The highest BCUT2D eigenvalue weighted by Crippen LogP contribution is 2.27. The number of carbonyl (C=O) groups is 1. The maximum atomic E-state index is 13.1. The van der Waals surface area contributed by atoms with E-state index in [1.54, 1.807) is 24.3 Å². The number of hydrogen-bond donors (Lipinski definition) is 0. The van der Waals surface area contributed by atoms with Crippen LogP contribution in [0, 0.1) is 11.8 Å². The molecular weight excluding hydrogens is 384 g/mol. The zero-order valence-corrected chi connectivity index (χ0v) is 16.3. The number of fused-ring (bicyclic) bond motifs is 1. The lowest BCUT2D eigenvalue weighted by Crippen LogP contribution is -2.12. The zero-order chi connectivity index (χ0) is 20.4. The van der Waals surface area contributed by atoms with Crippen LogP contribution < -0.4 is 0 Å². The molecule has 0 atom stereocenters. The van der Waals surface area contributed by atoms with Crippen molar-refractivity contribution in [1.29, 1.82) is 0 Å². The third-order valence-corrected chi connectivity index (χ3v) is 6.11. The Bertz CT molecular complexity index is 1380. The number of carbonyl (C=O) groups excluding carboxylic acids is 1. The molecule has 0 saturated heterocycles. The Morgan fingerprint density at radius 2 is 1.59 bits per heavy atom. The van der Waals surface area contributed by atoms with Crippen molar-refractivity contribution >= 4 is 26.8 Å². The van der Waals surface area contributed by atoms with Crippen LogP contribution in [0.3, 0.4) is 0 Å². The van der Waals surface area contributed by atoms with E-state index in [9.17, 15) is 13.2 Å². The first-order valence-corrected chi connectivity index (χ1v) is 10.3. The molecule has 0 radical (unpaired) electrons. The summed E-state index contributed by atoms with van der Waals surface area (Å²) in [4.78, 5) is 16.7. The average molecular weight is 400 g/mol. The molecule has 4 aromatic rings. The molecule has 4 rings (SSSR count). The maximum absolute atomic E-state index is 13.1. The predicted octanol–water partition coefficient (Wildman–Crippen LogP) is 3.88. The fourth-order valence-electron chi connectivity index (χ4n) is 3.05. The van der Waals surface area contributed by atoms with E-state index < -0.39 is 10.0 Å². The molecule has 2 heterocycles. The molecule has 0 aliphatic carbocycles. The molecule has 0 bridgehead atoms. The quantitative estimate of drug-likeness (QED) is 0.387. The SMILES string of the molecule is CC(=O)c1cn(S(=O)(=O)c2ccccc2)c2nccc(C#Cc3ccccc3)c12.